The summed E-state index contributed by atoms with van der Waals surface area (Å²) >= 11 is 0. The monoisotopic (exact) mass is 758 g/mol. The summed E-state index contributed by atoms with van der Waals surface area (Å²) in [6.45, 7) is 7.99. The van der Waals surface area contributed by atoms with Gasteiger partial charge in [-0.25, -0.2) is 0 Å². The van der Waals surface area contributed by atoms with Gasteiger partial charge in [0, 0.05) is 6.42 Å². The van der Waals surface area contributed by atoms with Gasteiger partial charge in [-0.15, -0.1) is 0 Å². The summed E-state index contributed by atoms with van der Waals surface area (Å²) in [6, 6.07) is 0. The largest absolute Gasteiger partial charge is 2.00 e. The van der Waals surface area contributed by atoms with Crippen LogP contribution in [0.3, 0.4) is 0 Å². The van der Waals surface area contributed by atoms with E-state index < -0.39 is 6.10 Å². The second-order valence-corrected chi connectivity index (χ2v) is 7.94. The zero-order valence-electron chi connectivity index (χ0n) is 17.8. The third-order valence-electron chi connectivity index (χ3n) is 6.09. The summed E-state index contributed by atoms with van der Waals surface area (Å²) in [7, 11) is 0. The minimum atomic E-state index is -0.403. The molecule has 0 aromatic heterocycles. The third-order valence-corrected chi connectivity index (χ3v) is 6.09. The Morgan fingerprint density at radius 1 is 0.867 bits per heavy atom. The maximum absolute atomic E-state index is 11.5. The van der Waals surface area contributed by atoms with E-state index in [0.717, 1.165) is 12.8 Å². The van der Waals surface area contributed by atoms with Crippen molar-refractivity contribution in [1.29, 1.82) is 0 Å². The Morgan fingerprint density at radius 2 is 1.37 bits per heavy atom. The summed E-state index contributed by atoms with van der Waals surface area (Å²) in [5.74, 6) is 0.370. The van der Waals surface area contributed by atoms with Gasteiger partial charge in [-0.2, -0.15) is 17.8 Å². The normalized spacial score (nSPS) is 38.1. The van der Waals surface area contributed by atoms with Gasteiger partial charge >= 0.3 is 48.1 Å². The van der Waals surface area contributed by atoms with E-state index in [1.165, 1.54) is 0 Å². The molecule has 6 nitrogen and oxygen atoms in total. The molecule has 2 aliphatic heterocycles. The molecule has 0 amide bonds. The van der Waals surface area contributed by atoms with Gasteiger partial charge < -0.3 is 20.6 Å². The maximum atomic E-state index is 11.5. The van der Waals surface area contributed by atoms with E-state index in [1.807, 2.05) is 19.8 Å². The molecule has 8 heteroatoms. The molecule has 2 saturated carbocycles. The molecule has 0 aromatic rings. The summed E-state index contributed by atoms with van der Waals surface area (Å²) in [6.07, 6.45) is 9.64. The van der Waals surface area contributed by atoms with Crippen molar-refractivity contribution in [2.75, 3.05) is 0 Å². The first-order valence-corrected chi connectivity index (χ1v) is 10.4. The molecule has 4 aliphatic rings. The van der Waals surface area contributed by atoms with Crippen molar-refractivity contribution < 1.29 is 70.7 Å². The molecule has 2 aliphatic carbocycles. The van der Waals surface area contributed by atoms with Crippen LogP contribution < -0.4 is 0 Å². The van der Waals surface area contributed by atoms with E-state index in [1.54, 1.807) is 6.92 Å². The predicted molar refractivity (Wildman–Crippen MR) is 101 cm³/mol. The fourth-order valence-electron chi connectivity index (χ4n) is 4.38. The van der Waals surface area contributed by atoms with Gasteiger partial charge in [0.05, 0.1) is 0 Å². The molecule has 4 bridgehead atoms. The van der Waals surface area contributed by atoms with Crippen LogP contribution in [0.1, 0.15) is 47.0 Å². The first-order chi connectivity index (χ1) is 13.4. The third kappa shape index (κ3) is 5.97. The molecule has 8 unspecified atom stereocenters. The molecule has 0 spiro atoms. The molecule has 4 rings (SSSR count). The van der Waals surface area contributed by atoms with Gasteiger partial charge in [-0.1, -0.05) is 52.4 Å². The van der Waals surface area contributed by atoms with Gasteiger partial charge in [-0.05, 0) is 18.3 Å². The number of rotatable bonds is 4. The minimum absolute atomic E-state index is 0. The van der Waals surface area contributed by atoms with Crippen molar-refractivity contribution in [3.63, 3.8) is 0 Å². The molecule has 2 heterocycles. The average molecular weight is 758 g/mol. The topological polar surface area (TPSA) is 78.9 Å². The Labute approximate surface area is 208 Å². The quantitative estimate of drug-likeness (QED) is 0.250. The Hall–Kier alpha value is -0.213. The zero-order valence-corrected chi connectivity index (χ0v) is 23.7. The fourth-order valence-corrected chi connectivity index (χ4v) is 4.38. The number of fused-ring (bicyclic) bond motifs is 4. The molecule has 0 aromatic carbocycles. The zero-order chi connectivity index (χ0) is 20.4. The van der Waals surface area contributed by atoms with Gasteiger partial charge in [0.1, 0.15) is 0 Å². The molecular weight excluding hydrogens is 728 g/mol. The Morgan fingerprint density at radius 3 is 1.90 bits per heavy atom. The molecular formula is C22H30O6W2. The van der Waals surface area contributed by atoms with Crippen LogP contribution in [0, 0.1) is 55.3 Å². The first-order valence-electron chi connectivity index (χ1n) is 10.4. The number of hydrogen-bond acceptors (Lipinski definition) is 6. The van der Waals surface area contributed by atoms with Crippen LogP contribution in [-0.4, -0.2) is 36.2 Å². The van der Waals surface area contributed by atoms with E-state index in [9.17, 15) is 14.4 Å². The number of ether oxygens (including phenoxy) is 3. The molecule has 166 valence electrons. The first kappa shape index (κ1) is 27.8. The van der Waals surface area contributed by atoms with Gasteiger partial charge in [-0.3, -0.25) is 33.6 Å². The smallest absolute Gasteiger partial charge is 0.499 e. The summed E-state index contributed by atoms with van der Waals surface area (Å²) in [4.78, 5) is 34.0. The second-order valence-electron chi connectivity index (χ2n) is 7.94. The van der Waals surface area contributed by atoms with Crippen LogP contribution in [0.25, 0.3) is 0 Å². The number of esters is 3. The van der Waals surface area contributed by atoms with E-state index in [-0.39, 0.29) is 90.0 Å². The van der Waals surface area contributed by atoms with E-state index in [0.29, 0.717) is 18.3 Å². The van der Waals surface area contributed by atoms with Gasteiger partial charge in [0.25, 0.3) is 11.9 Å². The Bertz CT molecular complexity index is 612. The van der Waals surface area contributed by atoms with Crippen LogP contribution in [-0.2, 0) is 70.7 Å². The summed E-state index contributed by atoms with van der Waals surface area (Å²) in [5, 5.41) is 0. The van der Waals surface area contributed by atoms with Crippen molar-refractivity contribution in [3.8, 4) is 0 Å². The van der Waals surface area contributed by atoms with Crippen LogP contribution >= 0.6 is 0 Å². The number of carbonyl (C=O) groups excluding carboxylic acids is 3. The SMILES string of the molecule is CCC(=O)OC1[CH-]C(CC)C2[CH-]C1OC2=O.CCC1[CH-]C(C)C2[CH-]C1C(=O)O2.[W+2].[W+2]. The van der Waals surface area contributed by atoms with Gasteiger partial charge in [0.2, 0.25) is 0 Å². The van der Waals surface area contributed by atoms with Crippen molar-refractivity contribution in [2.45, 2.75) is 65.3 Å². The molecule has 0 N–H and O–H groups in total. The second kappa shape index (κ2) is 12.1. The van der Waals surface area contributed by atoms with E-state index in [4.69, 9.17) is 14.2 Å². The van der Waals surface area contributed by atoms with Gasteiger partial charge in [0.15, 0.2) is 0 Å². The maximum Gasteiger partial charge on any atom is 2.00 e. The van der Waals surface area contributed by atoms with Crippen molar-refractivity contribution in [3.05, 3.63) is 25.7 Å². The van der Waals surface area contributed by atoms with E-state index in [2.05, 4.69) is 26.7 Å². The van der Waals surface area contributed by atoms with Crippen LogP contribution in [0.15, 0.2) is 0 Å². The molecule has 0 radical (unpaired) electrons. The van der Waals surface area contributed by atoms with Crippen molar-refractivity contribution in [2.24, 2.45) is 29.6 Å². The number of carbonyl (C=O) groups is 3. The van der Waals surface area contributed by atoms with Crippen LogP contribution in [0.4, 0.5) is 0 Å². The van der Waals surface area contributed by atoms with Crippen molar-refractivity contribution in [1.82, 2.24) is 0 Å². The van der Waals surface area contributed by atoms with E-state index >= 15 is 0 Å². The Kier molecular flexibility index (Phi) is 11.3. The standard InChI is InChI=1S/C12H16O4.C10H14O2.2W/c1-3-7-5-9(15-11(13)4-2)10-6-8(7)12(14)16-10;1-3-7-4-6(2)9-5-8(7)10(11)12-9;;/h5-10H,3-4H2,1-2H3;4-9H,3H2,1-2H3;;/q2*-2;2*+2. The average Bonchev–Trinajstić information content (AvgIpc) is 3.20. The fraction of sp³-hybridized carbons (Fsp3) is 0.682. The Balaban J connectivity index is 0.000000290. The van der Waals surface area contributed by atoms with Crippen LogP contribution in [0.5, 0.6) is 0 Å². The molecule has 4 fully saturated rings. The summed E-state index contributed by atoms with van der Waals surface area (Å²) < 4.78 is 15.6. The van der Waals surface area contributed by atoms with Crippen molar-refractivity contribution >= 4 is 17.9 Å². The van der Waals surface area contributed by atoms with Crippen LogP contribution in [0.2, 0.25) is 0 Å². The number of hydrogen-bond donors (Lipinski definition) is 0. The predicted octanol–water partition coefficient (Wildman–Crippen LogP) is 2.91. The molecule has 8 atom stereocenters. The summed E-state index contributed by atoms with van der Waals surface area (Å²) in [5.41, 5.74) is 0. The molecule has 2 saturated heterocycles. The minimum Gasteiger partial charge on any atom is -0.499 e. The molecule has 30 heavy (non-hydrogen) atoms.